The summed E-state index contributed by atoms with van der Waals surface area (Å²) in [6, 6.07) is 8.25. The van der Waals surface area contributed by atoms with Crippen molar-refractivity contribution in [2.24, 2.45) is 5.73 Å². The number of hydrogen-bond acceptors (Lipinski definition) is 1. The van der Waals surface area contributed by atoms with Crippen LogP contribution in [0.3, 0.4) is 0 Å². The van der Waals surface area contributed by atoms with Crippen LogP contribution in [0.5, 0.6) is 0 Å². The lowest BCUT2D eigenvalue weighted by Gasteiger charge is -2.04. The van der Waals surface area contributed by atoms with Gasteiger partial charge in [0.2, 0.25) is 5.91 Å². The van der Waals surface area contributed by atoms with Crippen molar-refractivity contribution in [3.63, 3.8) is 0 Å². The molecule has 0 atom stereocenters. The van der Waals surface area contributed by atoms with E-state index >= 15 is 0 Å². The molecule has 0 saturated heterocycles. The Bertz CT molecular complexity index is 519. The fraction of sp³-hybridized carbons (Fsp3) is 0.250. The number of rotatable bonds is 4. The quantitative estimate of drug-likeness (QED) is 0.920. The summed E-state index contributed by atoms with van der Waals surface area (Å²) in [6.07, 6.45) is 3.27. The molecule has 0 spiro atoms. The van der Waals surface area contributed by atoms with Crippen LogP contribution in [0.2, 0.25) is 0 Å². The number of fused-ring (bicyclic) bond motifs is 1. The molecule has 0 aliphatic heterocycles. The highest BCUT2D eigenvalue weighted by molar-refractivity contribution is 9.10. The van der Waals surface area contributed by atoms with Crippen molar-refractivity contribution in [3.8, 4) is 0 Å². The Morgan fingerprint density at radius 2 is 2.19 bits per heavy atom. The van der Waals surface area contributed by atoms with Crippen molar-refractivity contribution in [2.45, 2.75) is 19.4 Å². The van der Waals surface area contributed by atoms with Crippen molar-refractivity contribution < 1.29 is 4.79 Å². The Kier molecular flexibility index (Phi) is 3.29. The van der Waals surface area contributed by atoms with Crippen molar-refractivity contribution in [1.82, 2.24) is 4.57 Å². The van der Waals surface area contributed by atoms with Gasteiger partial charge in [0.15, 0.2) is 0 Å². The van der Waals surface area contributed by atoms with Gasteiger partial charge in [0.25, 0.3) is 0 Å². The van der Waals surface area contributed by atoms with Gasteiger partial charge in [0.1, 0.15) is 0 Å². The maximum atomic E-state index is 10.6. The summed E-state index contributed by atoms with van der Waals surface area (Å²) in [5.41, 5.74) is 6.30. The molecule has 0 aliphatic rings. The first-order valence-electron chi connectivity index (χ1n) is 5.19. The van der Waals surface area contributed by atoms with Crippen molar-refractivity contribution >= 4 is 32.7 Å². The van der Waals surface area contributed by atoms with Gasteiger partial charge in [-0.2, -0.15) is 0 Å². The highest BCUT2D eigenvalue weighted by Gasteiger charge is 2.02. The number of hydrogen-bond donors (Lipinski definition) is 1. The second-order valence-corrected chi connectivity index (χ2v) is 4.70. The van der Waals surface area contributed by atoms with E-state index in [2.05, 4.69) is 38.7 Å². The van der Waals surface area contributed by atoms with Crippen LogP contribution >= 0.6 is 15.9 Å². The fourth-order valence-electron chi connectivity index (χ4n) is 1.79. The number of nitrogens with two attached hydrogens (primary N) is 1. The molecule has 84 valence electrons. The van der Waals surface area contributed by atoms with E-state index in [4.69, 9.17) is 5.73 Å². The van der Waals surface area contributed by atoms with Gasteiger partial charge in [-0.25, -0.2) is 0 Å². The van der Waals surface area contributed by atoms with E-state index in [0.717, 1.165) is 17.4 Å². The minimum Gasteiger partial charge on any atom is -0.370 e. The van der Waals surface area contributed by atoms with Gasteiger partial charge in [-0.05, 0) is 30.7 Å². The number of carbonyl (C=O) groups is 1. The van der Waals surface area contributed by atoms with Crippen LogP contribution in [-0.2, 0) is 11.3 Å². The van der Waals surface area contributed by atoms with Gasteiger partial charge in [-0.3, -0.25) is 4.79 Å². The number of primary amides is 1. The Morgan fingerprint density at radius 3 is 2.94 bits per heavy atom. The lowest BCUT2D eigenvalue weighted by atomic mass is 10.2. The van der Waals surface area contributed by atoms with Crippen LogP contribution in [0.1, 0.15) is 12.8 Å². The number of halogens is 1. The third-order valence-electron chi connectivity index (χ3n) is 2.56. The summed E-state index contributed by atoms with van der Waals surface area (Å²) in [4.78, 5) is 10.6. The maximum Gasteiger partial charge on any atom is 0.217 e. The zero-order valence-corrected chi connectivity index (χ0v) is 10.4. The molecule has 2 aromatic rings. The van der Waals surface area contributed by atoms with E-state index in [0.29, 0.717) is 6.42 Å². The first kappa shape index (κ1) is 11.2. The zero-order chi connectivity index (χ0) is 11.5. The summed E-state index contributed by atoms with van der Waals surface area (Å²) in [6.45, 7) is 0.827. The molecule has 1 aromatic carbocycles. The molecule has 16 heavy (non-hydrogen) atoms. The average Bonchev–Trinajstić information content (AvgIpc) is 2.60. The molecule has 0 unspecified atom stereocenters. The number of nitrogens with zero attached hydrogens (tertiary/aromatic N) is 1. The summed E-state index contributed by atoms with van der Waals surface area (Å²) in [7, 11) is 0. The van der Waals surface area contributed by atoms with Crippen LogP contribution in [0, 0.1) is 0 Å². The molecule has 0 fully saturated rings. The molecule has 0 bridgehead atoms. The molecule has 2 rings (SSSR count). The monoisotopic (exact) mass is 280 g/mol. The number of aromatic nitrogens is 1. The largest absolute Gasteiger partial charge is 0.370 e. The molecule has 0 saturated carbocycles. The lowest BCUT2D eigenvalue weighted by Crippen LogP contribution is -2.11. The van der Waals surface area contributed by atoms with Crippen molar-refractivity contribution in [2.75, 3.05) is 0 Å². The van der Waals surface area contributed by atoms with Gasteiger partial charge < -0.3 is 10.3 Å². The van der Waals surface area contributed by atoms with Gasteiger partial charge in [-0.15, -0.1) is 0 Å². The second kappa shape index (κ2) is 4.70. The topological polar surface area (TPSA) is 48.0 Å². The van der Waals surface area contributed by atoms with Crippen molar-refractivity contribution in [1.29, 1.82) is 0 Å². The molecular weight excluding hydrogens is 268 g/mol. The molecule has 0 radical (unpaired) electrons. The highest BCUT2D eigenvalue weighted by atomic mass is 79.9. The predicted molar refractivity (Wildman–Crippen MR) is 68.1 cm³/mol. The Balaban J connectivity index is 2.15. The van der Waals surface area contributed by atoms with Gasteiger partial charge >= 0.3 is 0 Å². The van der Waals surface area contributed by atoms with Crippen molar-refractivity contribution in [3.05, 3.63) is 34.9 Å². The van der Waals surface area contributed by atoms with E-state index in [1.54, 1.807) is 0 Å². The Labute approximate surface area is 102 Å². The molecular formula is C12H13BrN2O. The smallest absolute Gasteiger partial charge is 0.217 e. The SMILES string of the molecule is NC(=O)CCCn1ccc2cc(Br)ccc21. The lowest BCUT2D eigenvalue weighted by molar-refractivity contribution is -0.118. The van der Waals surface area contributed by atoms with Crippen LogP contribution in [-0.4, -0.2) is 10.5 Å². The number of carbonyl (C=O) groups excluding carboxylic acids is 1. The summed E-state index contributed by atoms with van der Waals surface area (Å²) >= 11 is 3.44. The molecule has 1 heterocycles. The highest BCUT2D eigenvalue weighted by Crippen LogP contribution is 2.21. The zero-order valence-electron chi connectivity index (χ0n) is 8.82. The van der Waals surface area contributed by atoms with Gasteiger partial charge in [0, 0.05) is 34.5 Å². The summed E-state index contributed by atoms with van der Waals surface area (Å²) in [5, 5.41) is 1.20. The van der Waals surface area contributed by atoms with Crippen LogP contribution in [0.4, 0.5) is 0 Å². The number of benzene rings is 1. The third kappa shape index (κ3) is 2.44. The van der Waals surface area contributed by atoms with E-state index in [1.165, 1.54) is 10.9 Å². The van der Waals surface area contributed by atoms with Crippen LogP contribution in [0.15, 0.2) is 34.9 Å². The standard InChI is InChI=1S/C12H13BrN2O/c13-10-3-4-11-9(8-10)5-7-15(11)6-1-2-12(14)16/h3-5,7-8H,1-2,6H2,(H2,14,16). The molecule has 2 N–H and O–H groups in total. The minimum atomic E-state index is -0.237. The van der Waals surface area contributed by atoms with Gasteiger partial charge in [0.05, 0.1) is 0 Å². The maximum absolute atomic E-state index is 10.6. The van der Waals surface area contributed by atoms with E-state index < -0.39 is 0 Å². The Morgan fingerprint density at radius 1 is 1.38 bits per heavy atom. The molecule has 3 nitrogen and oxygen atoms in total. The predicted octanol–water partition coefficient (Wildman–Crippen LogP) is 2.67. The van der Waals surface area contributed by atoms with Crippen LogP contribution in [0.25, 0.3) is 10.9 Å². The summed E-state index contributed by atoms with van der Waals surface area (Å²) < 4.78 is 3.22. The first-order chi connectivity index (χ1) is 7.66. The normalized spacial score (nSPS) is 10.8. The number of amides is 1. The molecule has 1 amide bonds. The van der Waals surface area contributed by atoms with E-state index in [-0.39, 0.29) is 5.91 Å². The van der Waals surface area contributed by atoms with Gasteiger partial charge in [-0.1, -0.05) is 15.9 Å². The second-order valence-electron chi connectivity index (χ2n) is 3.78. The number of aryl methyl sites for hydroxylation is 1. The molecule has 1 aromatic heterocycles. The first-order valence-corrected chi connectivity index (χ1v) is 5.99. The average molecular weight is 281 g/mol. The molecule has 4 heteroatoms. The van der Waals surface area contributed by atoms with E-state index in [9.17, 15) is 4.79 Å². The minimum absolute atomic E-state index is 0.237. The third-order valence-corrected chi connectivity index (χ3v) is 3.05. The van der Waals surface area contributed by atoms with Crippen LogP contribution < -0.4 is 5.73 Å². The van der Waals surface area contributed by atoms with E-state index in [1.807, 2.05) is 12.3 Å². The summed E-state index contributed by atoms with van der Waals surface area (Å²) in [5.74, 6) is -0.237. The Hall–Kier alpha value is -1.29. The fourth-order valence-corrected chi connectivity index (χ4v) is 2.17. The molecule has 0 aliphatic carbocycles.